The number of benzene rings is 1. The van der Waals surface area contributed by atoms with Gasteiger partial charge in [-0.1, -0.05) is 25.1 Å². The molecule has 72 valence electrons. The van der Waals surface area contributed by atoms with Crippen molar-refractivity contribution < 1.29 is 5.11 Å². The molecule has 0 fully saturated rings. The fourth-order valence-corrected chi connectivity index (χ4v) is 1.25. The van der Waals surface area contributed by atoms with Gasteiger partial charge in [-0.25, -0.2) is 0 Å². The van der Waals surface area contributed by atoms with E-state index >= 15 is 0 Å². The van der Waals surface area contributed by atoms with Crippen molar-refractivity contribution in [3.8, 4) is 5.75 Å². The maximum Gasteiger partial charge on any atom is 0.118 e. The Labute approximate surface area is 79.6 Å². The molecule has 0 saturated carbocycles. The molecule has 0 atom stereocenters. The Morgan fingerprint density at radius 3 is 2.69 bits per heavy atom. The van der Waals surface area contributed by atoms with Crippen LogP contribution in [-0.2, 0) is 6.42 Å². The van der Waals surface area contributed by atoms with Crippen LogP contribution in [0.2, 0.25) is 0 Å². The molecule has 2 heteroatoms. The van der Waals surface area contributed by atoms with Crippen molar-refractivity contribution in [1.29, 1.82) is 0 Å². The Morgan fingerprint density at radius 2 is 2.00 bits per heavy atom. The average molecular weight is 179 g/mol. The monoisotopic (exact) mass is 179 g/mol. The summed E-state index contributed by atoms with van der Waals surface area (Å²) in [6.07, 6.45) is 2.05. The van der Waals surface area contributed by atoms with E-state index in [4.69, 9.17) is 0 Å². The van der Waals surface area contributed by atoms with Crippen molar-refractivity contribution in [2.45, 2.75) is 19.8 Å². The lowest BCUT2D eigenvalue weighted by Crippen LogP contribution is -2.17. The number of para-hydroxylation sites is 1. The molecule has 0 aromatic heterocycles. The van der Waals surface area contributed by atoms with Crippen molar-refractivity contribution in [3.05, 3.63) is 29.8 Å². The van der Waals surface area contributed by atoms with Gasteiger partial charge in [0.05, 0.1) is 0 Å². The molecule has 0 aliphatic carbocycles. The van der Waals surface area contributed by atoms with E-state index in [1.807, 2.05) is 18.2 Å². The van der Waals surface area contributed by atoms with Gasteiger partial charge in [0.2, 0.25) is 0 Å². The lowest BCUT2D eigenvalue weighted by Gasteiger charge is -2.04. The van der Waals surface area contributed by atoms with E-state index in [0.29, 0.717) is 5.75 Å². The van der Waals surface area contributed by atoms with Crippen molar-refractivity contribution in [2.24, 2.45) is 0 Å². The minimum absolute atomic E-state index is 0.404. The van der Waals surface area contributed by atoms with Gasteiger partial charge in [0.15, 0.2) is 0 Å². The predicted octanol–water partition coefficient (Wildman–Crippen LogP) is 1.93. The highest BCUT2D eigenvalue weighted by molar-refractivity contribution is 5.31. The van der Waals surface area contributed by atoms with E-state index in [1.165, 1.54) is 0 Å². The Bertz CT molecular complexity index is 248. The molecule has 0 amide bonds. The third-order valence-electron chi connectivity index (χ3n) is 1.99. The molecule has 0 aliphatic heterocycles. The van der Waals surface area contributed by atoms with Crippen LogP contribution in [0.5, 0.6) is 5.75 Å². The highest BCUT2D eigenvalue weighted by Gasteiger charge is 1.97. The molecular formula is C11H17NO. The van der Waals surface area contributed by atoms with Gasteiger partial charge in [-0.2, -0.15) is 0 Å². The lowest BCUT2D eigenvalue weighted by atomic mass is 10.1. The van der Waals surface area contributed by atoms with E-state index in [2.05, 4.69) is 12.2 Å². The summed E-state index contributed by atoms with van der Waals surface area (Å²) < 4.78 is 0. The predicted molar refractivity (Wildman–Crippen MR) is 55.0 cm³/mol. The molecule has 0 spiro atoms. The summed E-state index contributed by atoms with van der Waals surface area (Å²) in [5, 5.41) is 12.7. The van der Waals surface area contributed by atoms with Crippen molar-refractivity contribution in [2.75, 3.05) is 13.1 Å². The Balaban J connectivity index is 2.32. The van der Waals surface area contributed by atoms with Crippen LogP contribution in [0.25, 0.3) is 0 Å². The summed E-state index contributed by atoms with van der Waals surface area (Å²) in [5.41, 5.74) is 1.02. The third-order valence-corrected chi connectivity index (χ3v) is 1.99. The molecule has 2 nitrogen and oxygen atoms in total. The fourth-order valence-electron chi connectivity index (χ4n) is 1.25. The molecular weight excluding hydrogens is 162 g/mol. The van der Waals surface area contributed by atoms with Gasteiger partial charge < -0.3 is 10.4 Å². The standard InChI is InChI=1S/C11H17NO/c1-2-8-12-9-7-10-5-3-4-6-11(10)13/h3-6,12-13H,2,7-9H2,1H3. The van der Waals surface area contributed by atoms with Gasteiger partial charge >= 0.3 is 0 Å². The summed E-state index contributed by atoms with van der Waals surface area (Å²) in [7, 11) is 0. The largest absolute Gasteiger partial charge is 0.508 e. The van der Waals surface area contributed by atoms with Crippen LogP contribution in [0, 0.1) is 0 Å². The normalized spacial score (nSPS) is 10.2. The van der Waals surface area contributed by atoms with Gasteiger partial charge in [0.1, 0.15) is 5.75 Å². The summed E-state index contributed by atoms with van der Waals surface area (Å²) in [6, 6.07) is 7.49. The van der Waals surface area contributed by atoms with Crippen LogP contribution in [0.3, 0.4) is 0 Å². The van der Waals surface area contributed by atoms with Gasteiger partial charge in [-0.3, -0.25) is 0 Å². The van der Waals surface area contributed by atoms with E-state index in [-0.39, 0.29) is 0 Å². The second kappa shape index (κ2) is 5.60. The number of nitrogens with one attached hydrogen (secondary N) is 1. The Morgan fingerprint density at radius 1 is 1.23 bits per heavy atom. The third kappa shape index (κ3) is 3.47. The van der Waals surface area contributed by atoms with E-state index in [0.717, 1.165) is 31.5 Å². The van der Waals surface area contributed by atoms with E-state index < -0.39 is 0 Å². The zero-order chi connectivity index (χ0) is 9.52. The number of hydrogen-bond donors (Lipinski definition) is 2. The molecule has 13 heavy (non-hydrogen) atoms. The highest BCUT2D eigenvalue weighted by Crippen LogP contribution is 2.15. The lowest BCUT2D eigenvalue weighted by molar-refractivity contribution is 0.467. The topological polar surface area (TPSA) is 32.3 Å². The Kier molecular flexibility index (Phi) is 4.33. The molecule has 0 aliphatic rings. The van der Waals surface area contributed by atoms with Gasteiger partial charge in [-0.05, 0) is 37.6 Å². The van der Waals surface area contributed by atoms with E-state index in [9.17, 15) is 5.11 Å². The van der Waals surface area contributed by atoms with Crippen LogP contribution in [0.15, 0.2) is 24.3 Å². The average Bonchev–Trinajstić information content (AvgIpc) is 2.15. The van der Waals surface area contributed by atoms with Gasteiger partial charge in [0.25, 0.3) is 0 Å². The summed E-state index contributed by atoms with van der Waals surface area (Å²) >= 11 is 0. The van der Waals surface area contributed by atoms with Crippen LogP contribution < -0.4 is 5.32 Å². The summed E-state index contributed by atoms with van der Waals surface area (Å²) in [5.74, 6) is 0.404. The second-order valence-electron chi connectivity index (χ2n) is 3.13. The van der Waals surface area contributed by atoms with Crippen LogP contribution in [0.1, 0.15) is 18.9 Å². The van der Waals surface area contributed by atoms with Gasteiger partial charge in [-0.15, -0.1) is 0 Å². The zero-order valence-electron chi connectivity index (χ0n) is 8.09. The molecule has 1 aromatic rings. The molecule has 1 aromatic carbocycles. The number of phenols is 1. The minimum Gasteiger partial charge on any atom is -0.508 e. The molecule has 0 radical (unpaired) electrons. The number of aromatic hydroxyl groups is 1. The first-order valence-corrected chi connectivity index (χ1v) is 4.82. The SMILES string of the molecule is CCCNCCc1ccccc1O. The fraction of sp³-hybridized carbons (Fsp3) is 0.455. The molecule has 0 unspecified atom stereocenters. The molecule has 0 bridgehead atoms. The number of rotatable bonds is 5. The quantitative estimate of drug-likeness (QED) is 0.677. The second-order valence-corrected chi connectivity index (χ2v) is 3.13. The smallest absolute Gasteiger partial charge is 0.118 e. The summed E-state index contributed by atoms with van der Waals surface area (Å²) in [6.45, 7) is 4.13. The molecule has 2 N–H and O–H groups in total. The first kappa shape index (κ1) is 10.1. The molecule has 1 rings (SSSR count). The first-order valence-electron chi connectivity index (χ1n) is 4.82. The minimum atomic E-state index is 0.404. The maximum absolute atomic E-state index is 9.44. The molecule has 0 heterocycles. The van der Waals surface area contributed by atoms with E-state index in [1.54, 1.807) is 6.07 Å². The highest BCUT2D eigenvalue weighted by atomic mass is 16.3. The zero-order valence-corrected chi connectivity index (χ0v) is 8.09. The number of hydrogen-bond acceptors (Lipinski definition) is 2. The van der Waals surface area contributed by atoms with Crippen molar-refractivity contribution >= 4 is 0 Å². The van der Waals surface area contributed by atoms with Crippen LogP contribution >= 0.6 is 0 Å². The van der Waals surface area contributed by atoms with Crippen molar-refractivity contribution in [3.63, 3.8) is 0 Å². The molecule has 0 saturated heterocycles. The Hall–Kier alpha value is -1.02. The first-order chi connectivity index (χ1) is 6.34. The summed E-state index contributed by atoms with van der Waals surface area (Å²) in [4.78, 5) is 0. The number of phenolic OH excluding ortho intramolecular Hbond substituents is 1. The maximum atomic E-state index is 9.44. The van der Waals surface area contributed by atoms with Crippen LogP contribution in [0.4, 0.5) is 0 Å². The van der Waals surface area contributed by atoms with Crippen molar-refractivity contribution in [1.82, 2.24) is 5.32 Å². The van der Waals surface area contributed by atoms with Gasteiger partial charge in [0, 0.05) is 0 Å². The van der Waals surface area contributed by atoms with Crippen LogP contribution in [-0.4, -0.2) is 18.2 Å².